The summed E-state index contributed by atoms with van der Waals surface area (Å²) in [5.74, 6) is 0.593. The molecule has 0 aromatic rings. The Balaban J connectivity index is 2.52. The number of carbonyl (C=O) groups excluding carboxylic acids is 1. The molecule has 2 nitrogen and oxygen atoms in total. The van der Waals surface area contributed by atoms with E-state index in [9.17, 15) is 4.79 Å². The summed E-state index contributed by atoms with van der Waals surface area (Å²) in [6, 6.07) is 0. The average Bonchev–Trinajstić information content (AvgIpc) is 2.29. The van der Waals surface area contributed by atoms with Crippen LogP contribution in [0.4, 0.5) is 0 Å². The molecule has 0 spiro atoms. The highest BCUT2D eigenvalue weighted by Gasteiger charge is 2.30. The van der Waals surface area contributed by atoms with E-state index in [1.165, 1.54) is 31.9 Å². The van der Waals surface area contributed by atoms with Crippen LogP contribution >= 0.6 is 0 Å². The van der Waals surface area contributed by atoms with Crippen molar-refractivity contribution in [3.63, 3.8) is 0 Å². The van der Waals surface area contributed by atoms with Gasteiger partial charge in [-0.3, -0.25) is 0 Å². The maximum Gasteiger partial charge on any atom is 0.330 e. The number of ether oxygens (including phenoxy) is 1. The van der Waals surface area contributed by atoms with E-state index >= 15 is 0 Å². The number of allylic oxidation sites excluding steroid dienone is 1. The number of carbonyl (C=O) groups is 1. The molecule has 0 N–H and O–H groups in total. The van der Waals surface area contributed by atoms with E-state index in [0.29, 0.717) is 5.41 Å². The van der Waals surface area contributed by atoms with E-state index in [-0.39, 0.29) is 5.97 Å². The third kappa shape index (κ3) is 3.36. The fourth-order valence-electron chi connectivity index (χ4n) is 2.43. The van der Waals surface area contributed by atoms with Gasteiger partial charge < -0.3 is 4.74 Å². The van der Waals surface area contributed by atoms with Crippen LogP contribution in [0.1, 0.15) is 52.9 Å². The van der Waals surface area contributed by atoms with Crippen molar-refractivity contribution < 1.29 is 9.53 Å². The number of rotatable bonds is 3. The van der Waals surface area contributed by atoms with E-state index in [1.807, 2.05) is 0 Å². The largest absolute Gasteiger partial charge is 0.466 e. The second-order valence-corrected chi connectivity index (χ2v) is 5.44. The second-order valence-electron chi connectivity index (χ2n) is 5.44. The van der Waals surface area contributed by atoms with Gasteiger partial charge in [-0.1, -0.05) is 32.8 Å². The first-order chi connectivity index (χ1) is 7.49. The van der Waals surface area contributed by atoms with E-state index in [0.717, 1.165) is 18.8 Å². The third-order valence-corrected chi connectivity index (χ3v) is 4.17. The molecule has 16 heavy (non-hydrogen) atoms. The van der Waals surface area contributed by atoms with Crippen molar-refractivity contribution in [3.8, 4) is 0 Å². The lowest BCUT2D eigenvalue weighted by molar-refractivity contribution is -0.134. The zero-order valence-corrected chi connectivity index (χ0v) is 11.0. The highest BCUT2D eigenvalue weighted by molar-refractivity contribution is 5.82. The van der Waals surface area contributed by atoms with Gasteiger partial charge in [0.25, 0.3) is 0 Å². The first kappa shape index (κ1) is 13.3. The Bertz CT molecular complexity index is 266. The second kappa shape index (κ2) is 5.51. The molecule has 1 saturated carbocycles. The van der Waals surface area contributed by atoms with Crippen molar-refractivity contribution in [1.29, 1.82) is 0 Å². The van der Waals surface area contributed by atoms with Crippen molar-refractivity contribution in [2.24, 2.45) is 11.3 Å². The van der Waals surface area contributed by atoms with Gasteiger partial charge in [0.15, 0.2) is 0 Å². The van der Waals surface area contributed by atoms with E-state index < -0.39 is 0 Å². The zero-order valence-electron chi connectivity index (χ0n) is 11.0. The topological polar surface area (TPSA) is 26.3 Å². The molecule has 1 fully saturated rings. The third-order valence-electron chi connectivity index (χ3n) is 4.17. The van der Waals surface area contributed by atoms with Crippen molar-refractivity contribution >= 4 is 5.97 Å². The highest BCUT2D eigenvalue weighted by Crippen LogP contribution is 2.41. The van der Waals surface area contributed by atoms with E-state index in [4.69, 9.17) is 0 Å². The smallest absolute Gasteiger partial charge is 0.330 e. The molecule has 92 valence electrons. The predicted octanol–water partition coefficient (Wildman–Crippen LogP) is 3.71. The molecule has 1 rings (SSSR count). The lowest BCUT2D eigenvalue weighted by Gasteiger charge is -2.37. The quantitative estimate of drug-likeness (QED) is 0.539. The van der Waals surface area contributed by atoms with Crippen molar-refractivity contribution in [1.82, 2.24) is 0 Å². The Kier molecular flexibility index (Phi) is 4.57. The summed E-state index contributed by atoms with van der Waals surface area (Å²) >= 11 is 0. The van der Waals surface area contributed by atoms with Crippen LogP contribution < -0.4 is 0 Å². The number of esters is 1. The lowest BCUT2D eigenvalue weighted by atomic mass is 9.69. The molecule has 0 bridgehead atoms. The molecule has 1 aliphatic carbocycles. The highest BCUT2D eigenvalue weighted by atomic mass is 16.5. The Labute approximate surface area is 99.1 Å². The number of methoxy groups -OCH3 is 1. The maximum atomic E-state index is 11.1. The molecule has 0 saturated heterocycles. The summed E-state index contributed by atoms with van der Waals surface area (Å²) in [6.07, 6.45) is 7.45. The van der Waals surface area contributed by atoms with Crippen LogP contribution in [0.25, 0.3) is 0 Å². The van der Waals surface area contributed by atoms with Crippen LogP contribution in [0, 0.1) is 11.3 Å². The molecular formula is C14H24O2. The van der Waals surface area contributed by atoms with E-state index in [2.05, 4.69) is 25.5 Å². The van der Waals surface area contributed by atoms with Crippen LogP contribution in [0.2, 0.25) is 0 Å². The molecule has 2 heteroatoms. The van der Waals surface area contributed by atoms with Gasteiger partial charge in [0, 0.05) is 6.08 Å². The van der Waals surface area contributed by atoms with Crippen LogP contribution in [-0.4, -0.2) is 13.1 Å². The normalized spacial score (nSPS) is 21.8. The van der Waals surface area contributed by atoms with Gasteiger partial charge in [-0.25, -0.2) is 4.79 Å². The summed E-state index contributed by atoms with van der Waals surface area (Å²) in [5.41, 5.74) is 1.70. The minimum absolute atomic E-state index is 0.205. The molecule has 0 atom stereocenters. The van der Waals surface area contributed by atoms with Gasteiger partial charge in [0.05, 0.1) is 7.11 Å². The molecule has 0 aromatic heterocycles. The number of hydrogen-bond donors (Lipinski definition) is 0. The summed E-state index contributed by atoms with van der Waals surface area (Å²) in [6.45, 7) is 6.97. The maximum absolute atomic E-state index is 11.1. The molecule has 0 aliphatic heterocycles. The average molecular weight is 224 g/mol. The molecule has 0 aromatic carbocycles. The first-order valence-corrected chi connectivity index (χ1v) is 6.27. The van der Waals surface area contributed by atoms with Gasteiger partial charge in [0.2, 0.25) is 0 Å². The Morgan fingerprint density at radius 1 is 1.44 bits per heavy atom. The van der Waals surface area contributed by atoms with Gasteiger partial charge in [-0.2, -0.15) is 0 Å². The molecule has 0 unspecified atom stereocenters. The van der Waals surface area contributed by atoms with E-state index in [1.54, 1.807) is 6.08 Å². The van der Waals surface area contributed by atoms with Crippen molar-refractivity contribution in [2.75, 3.05) is 7.11 Å². The van der Waals surface area contributed by atoms with Crippen LogP contribution in [0.5, 0.6) is 0 Å². The Morgan fingerprint density at radius 3 is 2.44 bits per heavy atom. The molecular weight excluding hydrogens is 200 g/mol. The summed E-state index contributed by atoms with van der Waals surface area (Å²) < 4.78 is 4.65. The van der Waals surface area contributed by atoms with Crippen LogP contribution in [0.15, 0.2) is 11.6 Å². The minimum Gasteiger partial charge on any atom is -0.466 e. The van der Waals surface area contributed by atoms with Crippen LogP contribution in [0.3, 0.4) is 0 Å². The standard InChI is InChI=1S/C14H24O2/c1-5-14(2,3)12-8-6-11(7-9-12)10-13(15)16-4/h10,12H,5-9H2,1-4H3. The molecule has 0 amide bonds. The number of hydrogen-bond acceptors (Lipinski definition) is 2. The fourth-order valence-corrected chi connectivity index (χ4v) is 2.43. The molecule has 1 aliphatic rings. The van der Waals surface area contributed by atoms with Crippen molar-refractivity contribution in [2.45, 2.75) is 52.9 Å². The van der Waals surface area contributed by atoms with Gasteiger partial charge >= 0.3 is 5.97 Å². The SMILES string of the molecule is CCC(C)(C)C1CCC(=CC(=O)OC)CC1. The Hall–Kier alpha value is -0.790. The first-order valence-electron chi connectivity index (χ1n) is 6.27. The Morgan fingerprint density at radius 2 is 2.00 bits per heavy atom. The summed E-state index contributed by atoms with van der Waals surface area (Å²) in [4.78, 5) is 11.1. The molecule has 0 radical (unpaired) electrons. The summed E-state index contributed by atoms with van der Waals surface area (Å²) in [5, 5.41) is 0. The summed E-state index contributed by atoms with van der Waals surface area (Å²) in [7, 11) is 1.44. The van der Waals surface area contributed by atoms with Gasteiger partial charge in [-0.05, 0) is 37.0 Å². The molecule has 0 heterocycles. The minimum atomic E-state index is -0.205. The lowest BCUT2D eigenvalue weighted by Crippen LogP contribution is -2.26. The van der Waals surface area contributed by atoms with Crippen LogP contribution in [-0.2, 0) is 9.53 Å². The van der Waals surface area contributed by atoms with Gasteiger partial charge in [0.1, 0.15) is 0 Å². The monoisotopic (exact) mass is 224 g/mol. The van der Waals surface area contributed by atoms with Crippen molar-refractivity contribution in [3.05, 3.63) is 11.6 Å². The van der Waals surface area contributed by atoms with Gasteiger partial charge in [-0.15, -0.1) is 0 Å². The predicted molar refractivity (Wildman–Crippen MR) is 66.1 cm³/mol. The zero-order chi connectivity index (χ0) is 12.2. The fraction of sp³-hybridized carbons (Fsp3) is 0.786.